The van der Waals surface area contributed by atoms with Crippen LogP contribution in [0, 0.1) is 0 Å². The van der Waals surface area contributed by atoms with Crippen molar-refractivity contribution in [2.75, 3.05) is 7.05 Å². The standard InChI is InChI=1S/C11H15N5O2/c1-9(10-4-6-18-14-10)15(2)11(17)3-5-16-8-12-7-13-16/h4,6-9H,3,5H2,1-2H3. The van der Waals surface area contributed by atoms with Gasteiger partial charge in [-0.05, 0) is 6.92 Å². The summed E-state index contributed by atoms with van der Waals surface area (Å²) in [5.41, 5.74) is 0.742. The van der Waals surface area contributed by atoms with E-state index < -0.39 is 0 Å². The molecule has 0 saturated heterocycles. The van der Waals surface area contributed by atoms with Gasteiger partial charge in [-0.2, -0.15) is 5.10 Å². The van der Waals surface area contributed by atoms with Gasteiger partial charge in [0.15, 0.2) is 0 Å². The average Bonchev–Trinajstić information content (AvgIpc) is 3.06. The van der Waals surface area contributed by atoms with E-state index >= 15 is 0 Å². The molecular formula is C11H15N5O2. The summed E-state index contributed by atoms with van der Waals surface area (Å²) >= 11 is 0. The lowest BCUT2D eigenvalue weighted by Crippen LogP contribution is -2.30. The van der Waals surface area contributed by atoms with E-state index in [1.54, 1.807) is 29.0 Å². The number of carbonyl (C=O) groups excluding carboxylic acids is 1. The molecule has 2 rings (SSSR count). The van der Waals surface area contributed by atoms with Gasteiger partial charge in [0.25, 0.3) is 0 Å². The Morgan fingerprint density at radius 3 is 3.06 bits per heavy atom. The Labute approximate surface area is 104 Å². The smallest absolute Gasteiger partial charge is 0.224 e. The van der Waals surface area contributed by atoms with Crippen LogP contribution in [0.1, 0.15) is 25.1 Å². The van der Waals surface area contributed by atoms with E-state index in [0.29, 0.717) is 13.0 Å². The highest BCUT2D eigenvalue weighted by atomic mass is 16.5. The number of amides is 1. The molecule has 7 nitrogen and oxygen atoms in total. The highest BCUT2D eigenvalue weighted by Gasteiger charge is 2.19. The Morgan fingerprint density at radius 2 is 2.44 bits per heavy atom. The molecule has 2 heterocycles. The molecule has 2 aromatic rings. The summed E-state index contributed by atoms with van der Waals surface area (Å²) in [6.45, 7) is 2.43. The molecule has 96 valence electrons. The topological polar surface area (TPSA) is 77.0 Å². The lowest BCUT2D eigenvalue weighted by molar-refractivity contribution is -0.132. The van der Waals surface area contributed by atoms with Gasteiger partial charge in [-0.1, -0.05) is 5.16 Å². The fraction of sp³-hybridized carbons (Fsp3) is 0.455. The number of aryl methyl sites for hydroxylation is 1. The number of hydrogen-bond acceptors (Lipinski definition) is 5. The van der Waals surface area contributed by atoms with Crippen LogP contribution in [0.25, 0.3) is 0 Å². The predicted molar refractivity (Wildman–Crippen MR) is 62.3 cm³/mol. The van der Waals surface area contributed by atoms with Gasteiger partial charge in [0, 0.05) is 19.5 Å². The third-order valence-electron chi connectivity index (χ3n) is 2.88. The summed E-state index contributed by atoms with van der Waals surface area (Å²) in [7, 11) is 1.75. The highest BCUT2D eigenvalue weighted by molar-refractivity contribution is 5.76. The summed E-state index contributed by atoms with van der Waals surface area (Å²) in [5.74, 6) is 0.0287. The van der Waals surface area contributed by atoms with Crippen LogP contribution in [0.3, 0.4) is 0 Å². The zero-order valence-electron chi connectivity index (χ0n) is 10.4. The molecule has 0 spiro atoms. The van der Waals surface area contributed by atoms with E-state index in [1.807, 2.05) is 6.92 Å². The summed E-state index contributed by atoms with van der Waals surface area (Å²) in [4.78, 5) is 17.5. The van der Waals surface area contributed by atoms with Gasteiger partial charge in [-0.25, -0.2) is 4.98 Å². The normalized spacial score (nSPS) is 12.3. The third kappa shape index (κ3) is 2.73. The molecule has 1 amide bonds. The molecule has 0 radical (unpaired) electrons. The first-order valence-corrected chi connectivity index (χ1v) is 5.67. The van der Waals surface area contributed by atoms with Gasteiger partial charge in [0.05, 0.1) is 12.6 Å². The molecule has 2 aromatic heterocycles. The van der Waals surface area contributed by atoms with Gasteiger partial charge in [-0.15, -0.1) is 0 Å². The quantitative estimate of drug-likeness (QED) is 0.786. The monoisotopic (exact) mass is 249 g/mol. The van der Waals surface area contributed by atoms with Crippen LogP contribution in [0.4, 0.5) is 0 Å². The van der Waals surface area contributed by atoms with E-state index in [1.165, 1.54) is 12.6 Å². The Bertz CT molecular complexity index is 480. The van der Waals surface area contributed by atoms with E-state index in [2.05, 4.69) is 15.2 Å². The van der Waals surface area contributed by atoms with Crippen molar-refractivity contribution in [3.63, 3.8) is 0 Å². The van der Waals surface area contributed by atoms with Gasteiger partial charge in [0.2, 0.25) is 5.91 Å². The van der Waals surface area contributed by atoms with Crippen molar-refractivity contribution < 1.29 is 9.32 Å². The molecule has 18 heavy (non-hydrogen) atoms. The number of carbonyl (C=O) groups is 1. The van der Waals surface area contributed by atoms with Crippen LogP contribution in [0.15, 0.2) is 29.5 Å². The SMILES string of the molecule is CC(c1ccon1)N(C)C(=O)CCn1cncn1. The molecule has 0 aromatic carbocycles. The minimum Gasteiger partial charge on any atom is -0.364 e. The zero-order valence-corrected chi connectivity index (χ0v) is 10.4. The summed E-state index contributed by atoms with van der Waals surface area (Å²) in [6, 6.07) is 1.65. The second-order valence-electron chi connectivity index (χ2n) is 4.01. The number of aromatic nitrogens is 4. The minimum absolute atomic E-state index is 0.0287. The van der Waals surface area contributed by atoms with Crippen LogP contribution in [-0.2, 0) is 11.3 Å². The van der Waals surface area contributed by atoms with Crippen molar-refractivity contribution in [3.8, 4) is 0 Å². The maximum Gasteiger partial charge on any atom is 0.224 e. The van der Waals surface area contributed by atoms with Crippen molar-refractivity contribution in [1.29, 1.82) is 0 Å². The van der Waals surface area contributed by atoms with Gasteiger partial charge >= 0.3 is 0 Å². The number of hydrogen-bond donors (Lipinski definition) is 0. The van der Waals surface area contributed by atoms with E-state index in [-0.39, 0.29) is 11.9 Å². The Morgan fingerprint density at radius 1 is 1.61 bits per heavy atom. The van der Waals surface area contributed by atoms with Crippen molar-refractivity contribution in [2.45, 2.75) is 25.9 Å². The van der Waals surface area contributed by atoms with Crippen molar-refractivity contribution >= 4 is 5.91 Å². The Hall–Kier alpha value is -2.18. The van der Waals surface area contributed by atoms with Gasteiger partial charge in [0.1, 0.15) is 24.6 Å². The molecule has 1 unspecified atom stereocenters. The Balaban J connectivity index is 1.88. The molecule has 0 bridgehead atoms. The van der Waals surface area contributed by atoms with Crippen LogP contribution in [0.5, 0.6) is 0 Å². The molecule has 0 aliphatic heterocycles. The molecule has 1 atom stereocenters. The molecular weight excluding hydrogens is 234 g/mol. The van der Waals surface area contributed by atoms with Crippen molar-refractivity contribution in [1.82, 2.24) is 24.8 Å². The van der Waals surface area contributed by atoms with Crippen LogP contribution in [-0.4, -0.2) is 37.8 Å². The fourth-order valence-electron chi connectivity index (χ4n) is 1.59. The fourth-order valence-corrected chi connectivity index (χ4v) is 1.59. The first-order valence-electron chi connectivity index (χ1n) is 5.67. The average molecular weight is 249 g/mol. The first-order chi connectivity index (χ1) is 8.68. The predicted octanol–water partition coefficient (Wildman–Crippen LogP) is 0.876. The summed E-state index contributed by atoms with van der Waals surface area (Å²) in [6.07, 6.45) is 4.92. The molecule has 0 aliphatic rings. The molecule has 0 saturated carbocycles. The Kier molecular flexibility index (Phi) is 3.71. The number of rotatable bonds is 5. The number of nitrogens with zero attached hydrogens (tertiary/aromatic N) is 5. The van der Waals surface area contributed by atoms with Crippen LogP contribution in [0.2, 0.25) is 0 Å². The lowest BCUT2D eigenvalue weighted by atomic mass is 10.2. The zero-order chi connectivity index (χ0) is 13.0. The van der Waals surface area contributed by atoms with E-state index in [9.17, 15) is 4.79 Å². The maximum absolute atomic E-state index is 12.0. The second-order valence-corrected chi connectivity index (χ2v) is 4.01. The highest BCUT2D eigenvalue weighted by Crippen LogP contribution is 2.17. The molecule has 0 aliphatic carbocycles. The van der Waals surface area contributed by atoms with E-state index in [4.69, 9.17) is 4.52 Å². The van der Waals surface area contributed by atoms with Crippen LogP contribution < -0.4 is 0 Å². The van der Waals surface area contributed by atoms with Gasteiger partial charge in [-0.3, -0.25) is 9.48 Å². The first kappa shape index (κ1) is 12.3. The molecule has 0 N–H and O–H groups in total. The molecule has 0 fully saturated rings. The van der Waals surface area contributed by atoms with Crippen LogP contribution >= 0.6 is 0 Å². The second kappa shape index (κ2) is 5.44. The minimum atomic E-state index is -0.105. The molecule has 7 heteroatoms. The van der Waals surface area contributed by atoms with E-state index in [0.717, 1.165) is 5.69 Å². The lowest BCUT2D eigenvalue weighted by Gasteiger charge is -2.23. The van der Waals surface area contributed by atoms with Crippen molar-refractivity contribution in [2.24, 2.45) is 0 Å². The maximum atomic E-state index is 12.0. The third-order valence-corrected chi connectivity index (χ3v) is 2.88. The van der Waals surface area contributed by atoms with Gasteiger partial charge < -0.3 is 9.42 Å². The summed E-state index contributed by atoms with van der Waals surface area (Å²) < 4.78 is 6.41. The van der Waals surface area contributed by atoms with Crippen molar-refractivity contribution in [3.05, 3.63) is 30.7 Å². The largest absolute Gasteiger partial charge is 0.364 e. The summed E-state index contributed by atoms with van der Waals surface area (Å²) in [5, 5.41) is 7.78.